The molecular formula is C17H26N2. The Labute approximate surface area is 117 Å². The van der Waals surface area contributed by atoms with Gasteiger partial charge in [-0.25, -0.2) is 0 Å². The van der Waals surface area contributed by atoms with E-state index in [0.717, 1.165) is 17.8 Å². The first kappa shape index (κ1) is 13.1. The molecule has 0 radical (unpaired) electrons. The second-order valence-corrected chi connectivity index (χ2v) is 6.25. The summed E-state index contributed by atoms with van der Waals surface area (Å²) in [6.45, 7) is 4.64. The van der Waals surface area contributed by atoms with E-state index in [2.05, 4.69) is 24.4 Å². The number of hydrogen-bond acceptors (Lipinski definition) is 2. The molecule has 2 heteroatoms. The van der Waals surface area contributed by atoms with Crippen LogP contribution in [0.25, 0.3) is 0 Å². The van der Waals surface area contributed by atoms with Crippen molar-refractivity contribution in [3.8, 4) is 0 Å². The van der Waals surface area contributed by atoms with Gasteiger partial charge in [-0.1, -0.05) is 19.4 Å². The predicted molar refractivity (Wildman–Crippen MR) is 79.3 cm³/mol. The van der Waals surface area contributed by atoms with Crippen LogP contribution in [0.1, 0.15) is 56.2 Å². The predicted octanol–water partition coefficient (Wildman–Crippen LogP) is 3.53. The summed E-state index contributed by atoms with van der Waals surface area (Å²) in [5.41, 5.74) is 2.94. The highest BCUT2D eigenvalue weighted by Gasteiger charge is 2.37. The smallest absolute Gasteiger partial charge is 0.0469 e. The normalized spacial score (nSPS) is 29.6. The van der Waals surface area contributed by atoms with Gasteiger partial charge in [0.1, 0.15) is 0 Å². The quantitative estimate of drug-likeness (QED) is 0.817. The van der Waals surface area contributed by atoms with Gasteiger partial charge in [-0.15, -0.1) is 0 Å². The molecule has 1 aromatic heterocycles. The lowest BCUT2D eigenvalue weighted by molar-refractivity contribution is 0.308. The van der Waals surface area contributed by atoms with Crippen LogP contribution in [0, 0.1) is 11.8 Å². The monoisotopic (exact) mass is 258 g/mol. The van der Waals surface area contributed by atoms with E-state index in [1.54, 1.807) is 0 Å². The van der Waals surface area contributed by atoms with E-state index >= 15 is 0 Å². The van der Waals surface area contributed by atoms with Crippen LogP contribution in [0.15, 0.2) is 18.3 Å². The molecule has 3 unspecified atom stereocenters. The molecule has 1 heterocycles. The molecule has 0 bridgehead atoms. The summed E-state index contributed by atoms with van der Waals surface area (Å²) in [7, 11) is 0. The van der Waals surface area contributed by atoms with Crippen LogP contribution in [0.5, 0.6) is 0 Å². The first-order chi connectivity index (χ1) is 9.40. The number of aryl methyl sites for hydroxylation is 1. The molecule has 1 fully saturated rings. The Bertz CT molecular complexity index is 415. The van der Waals surface area contributed by atoms with Crippen molar-refractivity contribution in [1.29, 1.82) is 0 Å². The molecule has 1 saturated carbocycles. The zero-order chi connectivity index (χ0) is 13.1. The summed E-state index contributed by atoms with van der Waals surface area (Å²) in [6, 6.07) is 4.37. The summed E-state index contributed by atoms with van der Waals surface area (Å²) in [5.74, 6) is 2.50. The molecule has 0 aromatic carbocycles. The van der Waals surface area contributed by atoms with Crippen LogP contribution in [-0.4, -0.2) is 18.1 Å². The maximum absolute atomic E-state index is 4.70. The number of nitrogens with one attached hydrogen (secondary N) is 1. The molecule has 2 nitrogen and oxygen atoms in total. The number of fused-ring (bicyclic) bond motifs is 1. The van der Waals surface area contributed by atoms with Crippen LogP contribution < -0.4 is 5.32 Å². The van der Waals surface area contributed by atoms with E-state index < -0.39 is 0 Å². The lowest BCUT2D eigenvalue weighted by Gasteiger charge is -2.26. The highest BCUT2D eigenvalue weighted by atomic mass is 14.9. The minimum atomic E-state index is 0.743. The van der Waals surface area contributed by atoms with Gasteiger partial charge in [-0.3, -0.25) is 4.98 Å². The van der Waals surface area contributed by atoms with Crippen LogP contribution in [0.4, 0.5) is 0 Å². The molecule has 19 heavy (non-hydrogen) atoms. The van der Waals surface area contributed by atoms with Crippen LogP contribution in [0.3, 0.4) is 0 Å². The molecule has 3 atom stereocenters. The number of nitrogens with zero attached hydrogens (tertiary/aromatic N) is 1. The van der Waals surface area contributed by atoms with E-state index in [1.807, 2.05) is 6.20 Å². The zero-order valence-electron chi connectivity index (χ0n) is 12.1. The molecule has 1 N–H and O–H groups in total. The molecule has 2 aliphatic carbocycles. The van der Waals surface area contributed by atoms with E-state index in [9.17, 15) is 0 Å². The molecule has 3 rings (SSSR count). The molecule has 0 saturated heterocycles. The van der Waals surface area contributed by atoms with Crippen LogP contribution in [-0.2, 0) is 6.42 Å². The first-order valence-electron chi connectivity index (χ1n) is 8.04. The summed E-state index contributed by atoms with van der Waals surface area (Å²) < 4.78 is 0. The number of hydrogen-bond donors (Lipinski definition) is 1. The molecule has 2 aliphatic rings. The van der Waals surface area contributed by atoms with Crippen molar-refractivity contribution >= 4 is 0 Å². The average molecular weight is 258 g/mol. The third kappa shape index (κ3) is 2.69. The van der Waals surface area contributed by atoms with Crippen molar-refractivity contribution in [2.24, 2.45) is 11.8 Å². The summed E-state index contributed by atoms with van der Waals surface area (Å²) in [4.78, 5) is 4.70. The van der Waals surface area contributed by atoms with E-state index in [0.29, 0.717) is 0 Å². The molecule has 1 aromatic rings. The van der Waals surface area contributed by atoms with Crippen molar-refractivity contribution in [2.75, 3.05) is 13.1 Å². The third-order valence-electron chi connectivity index (χ3n) is 5.07. The molecule has 0 aliphatic heterocycles. The lowest BCUT2D eigenvalue weighted by atomic mass is 9.82. The SMILES string of the molecule is CCCNCC1CCCC1C1CCc2cccnc21. The summed E-state index contributed by atoms with van der Waals surface area (Å²) >= 11 is 0. The average Bonchev–Trinajstić information content (AvgIpc) is 3.04. The Morgan fingerprint density at radius 2 is 2.26 bits per heavy atom. The second kappa shape index (κ2) is 6.04. The Hall–Kier alpha value is -0.890. The topological polar surface area (TPSA) is 24.9 Å². The number of aromatic nitrogens is 1. The number of rotatable bonds is 5. The Kier molecular flexibility index (Phi) is 4.17. The van der Waals surface area contributed by atoms with Gasteiger partial charge in [0.05, 0.1) is 0 Å². The summed E-state index contributed by atoms with van der Waals surface area (Å²) in [6.07, 6.45) is 10.1. The minimum Gasteiger partial charge on any atom is -0.316 e. The van der Waals surface area contributed by atoms with Crippen molar-refractivity contribution in [3.63, 3.8) is 0 Å². The van der Waals surface area contributed by atoms with Gasteiger partial charge in [0, 0.05) is 17.8 Å². The van der Waals surface area contributed by atoms with E-state index in [-0.39, 0.29) is 0 Å². The fourth-order valence-electron chi connectivity index (χ4n) is 4.17. The second-order valence-electron chi connectivity index (χ2n) is 6.25. The van der Waals surface area contributed by atoms with Gasteiger partial charge >= 0.3 is 0 Å². The molecule has 0 spiro atoms. The molecular weight excluding hydrogens is 232 g/mol. The van der Waals surface area contributed by atoms with Gasteiger partial charge in [0.2, 0.25) is 0 Å². The first-order valence-corrected chi connectivity index (χ1v) is 8.04. The highest BCUT2D eigenvalue weighted by Crippen LogP contribution is 2.46. The van der Waals surface area contributed by atoms with Crippen LogP contribution in [0.2, 0.25) is 0 Å². The van der Waals surface area contributed by atoms with Gasteiger partial charge in [0.15, 0.2) is 0 Å². The largest absolute Gasteiger partial charge is 0.316 e. The fraction of sp³-hybridized carbons (Fsp3) is 0.706. The lowest BCUT2D eigenvalue weighted by Crippen LogP contribution is -2.28. The minimum absolute atomic E-state index is 0.743. The maximum atomic E-state index is 4.70. The maximum Gasteiger partial charge on any atom is 0.0469 e. The Balaban J connectivity index is 1.68. The van der Waals surface area contributed by atoms with Crippen molar-refractivity contribution in [3.05, 3.63) is 29.6 Å². The van der Waals surface area contributed by atoms with Crippen molar-refractivity contribution < 1.29 is 0 Å². The van der Waals surface area contributed by atoms with Crippen molar-refractivity contribution in [2.45, 2.75) is 51.4 Å². The van der Waals surface area contributed by atoms with Crippen LogP contribution >= 0.6 is 0 Å². The van der Waals surface area contributed by atoms with Gasteiger partial charge in [-0.2, -0.15) is 0 Å². The fourth-order valence-corrected chi connectivity index (χ4v) is 4.17. The molecule has 104 valence electrons. The van der Waals surface area contributed by atoms with E-state index in [1.165, 1.54) is 62.9 Å². The highest BCUT2D eigenvalue weighted by molar-refractivity contribution is 5.29. The summed E-state index contributed by atoms with van der Waals surface area (Å²) in [5, 5.41) is 3.63. The Morgan fingerprint density at radius 1 is 1.32 bits per heavy atom. The molecule has 0 amide bonds. The Morgan fingerprint density at radius 3 is 3.16 bits per heavy atom. The van der Waals surface area contributed by atoms with Crippen molar-refractivity contribution in [1.82, 2.24) is 10.3 Å². The standard InChI is InChI=1S/C17H26N2/c1-2-10-18-12-14-5-3-7-15(14)16-9-8-13-6-4-11-19-17(13)16/h4,6,11,14-16,18H,2-3,5,7-10,12H2,1H3. The van der Waals surface area contributed by atoms with E-state index in [4.69, 9.17) is 4.98 Å². The van der Waals surface area contributed by atoms with Gasteiger partial charge < -0.3 is 5.32 Å². The third-order valence-corrected chi connectivity index (χ3v) is 5.07. The zero-order valence-corrected chi connectivity index (χ0v) is 12.1. The number of pyridine rings is 1. The van der Waals surface area contributed by atoms with Gasteiger partial charge in [-0.05, 0) is 68.7 Å². The van der Waals surface area contributed by atoms with Gasteiger partial charge in [0.25, 0.3) is 0 Å².